The molecule has 2 unspecified atom stereocenters. The van der Waals surface area contributed by atoms with Crippen molar-refractivity contribution in [2.75, 3.05) is 12.8 Å². The first-order valence-corrected chi connectivity index (χ1v) is 11.4. The van der Waals surface area contributed by atoms with Gasteiger partial charge in [-0.2, -0.15) is 16.8 Å². The lowest BCUT2D eigenvalue weighted by Gasteiger charge is -2.34. The summed E-state index contributed by atoms with van der Waals surface area (Å²) in [6.07, 6.45) is 6.74. The van der Waals surface area contributed by atoms with E-state index in [0.29, 0.717) is 10.0 Å². The molecule has 29 heavy (non-hydrogen) atoms. The Labute approximate surface area is 185 Å². The van der Waals surface area contributed by atoms with Gasteiger partial charge in [-0.15, -0.1) is 0 Å². The second-order valence-corrected chi connectivity index (χ2v) is 9.17. The average molecular weight is 448 g/mol. The number of halogens is 2. The molecular formula is C22H23Cl2N3OS. The largest absolute Gasteiger partial charge is 0.335 e. The summed E-state index contributed by atoms with van der Waals surface area (Å²) in [6.45, 7) is 0.793. The van der Waals surface area contributed by atoms with E-state index in [1.807, 2.05) is 60.8 Å². The Bertz CT molecular complexity index is 938. The summed E-state index contributed by atoms with van der Waals surface area (Å²) in [4.78, 5) is 10.5. The molecule has 0 N–H and O–H groups in total. The van der Waals surface area contributed by atoms with Gasteiger partial charge in [0.15, 0.2) is 0 Å². The van der Waals surface area contributed by atoms with Crippen molar-refractivity contribution in [3.8, 4) is 0 Å². The van der Waals surface area contributed by atoms with Crippen molar-refractivity contribution >= 4 is 35.0 Å². The zero-order valence-corrected chi connectivity index (χ0v) is 18.5. The molecule has 0 bridgehead atoms. The molecule has 2 aromatic carbocycles. The first kappa shape index (κ1) is 20.8. The number of likely N-dealkylation sites (N-methyl/N-ethyl adjacent to an activating group) is 1. The van der Waals surface area contributed by atoms with E-state index in [1.165, 1.54) is 11.1 Å². The van der Waals surface area contributed by atoms with Gasteiger partial charge in [0.2, 0.25) is 0 Å². The van der Waals surface area contributed by atoms with Gasteiger partial charge in [-0.05, 0) is 23.3 Å². The van der Waals surface area contributed by atoms with Crippen LogP contribution in [0.15, 0.2) is 67.3 Å². The van der Waals surface area contributed by atoms with E-state index in [0.717, 1.165) is 24.5 Å². The van der Waals surface area contributed by atoms with E-state index in [4.69, 9.17) is 28.0 Å². The third-order valence-corrected chi connectivity index (χ3v) is 7.23. The molecule has 3 aromatic rings. The Morgan fingerprint density at radius 1 is 1.17 bits per heavy atom. The Hall–Kier alpha value is -1.50. The minimum absolute atomic E-state index is 0.136. The smallest absolute Gasteiger partial charge is 0.0946 e. The molecule has 7 heteroatoms. The summed E-state index contributed by atoms with van der Waals surface area (Å²) in [5.41, 5.74) is 2.20. The predicted molar refractivity (Wildman–Crippen MR) is 120 cm³/mol. The number of thioether (sulfide) groups is 1. The Morgan fingerprint density at radius 3 is 2.72 bits per heavy atom. The van der Waals surface area contributed by atoms with Gasteiger partial charge in [-0.25, -0.2) is 4.98 Å². The molecule has 152 valence electrons. The normalized spacial score (nSPS) is 22.2. The molecule has 4 nitrogen and oxygen atoms in total. The Kier molecular flexibility index (Phi) is 6.52. The standard InChI is InChI=1S/C22H23Cl2N3OS/c1-26-22(15-27-10-9-25-16-27,18-5-3-2-4-6-18)12-19(28-26)14-29-13-17-7-8-20(23)21(24)11-17/h2-11,16,19H,12-15H2,1H3. The molecule has 1 aliphatic rings. The molecule has 1 aliphatic heterocycles. The van der Waals surface area contributed by atoms with Crippen molar-refractivity contribution in [1.82, 2.24) is 14.6 Å². The first-order chi connectivity index (χ1) is 14.1. The Morgan fingerprint density at radius 2 is 2.00 bits per heavy atom. The molecule has 0 spiro atoms. The van der Waals surface area contributed by atoms with Crippen molar-refractivity contribution in [3.63, 3.8) is 0 Å². The lowest BCUT2D eigenvalue weighted by molar-refractivity contribution is -0.170. The number of benzene rings is 2. The van der Waals surface area contributed by atoms with E-state index in [1.54, 1.807) is 0 Å². The third kappa shape index (κ3) is 4.65. The predicted octanol–water partition coefficient (Wildman–Crippen LogP) is 5.65. The third-order valence-electron chi connectivity index (χ3n) is 5.35. The maximum absolute atomic E-state index is 6.29. The van der Waals surface area contributed by atoms with Crippen LogP contribution in [0.4, 0.5) is 0 Å². The van der Waals surface area contributed by atoms with Crippen LogP contribution in [0.1, 0.15) is 17.5 Å². The quantitative estimate of drug-likeness (QED) is 0.467. The number of hydrogen-bond donors (Lipinski definition) is 0. The van der Waals surface area contributed by atoms with Crippen molar-refractivity contribution in [2.24, 2.45) is 0 Å². The summed E-state index contributed by atoms with van der Waals surface area (Å²) in [6, 6.07) is 16.4. The molecule has 1 saturated heterocycles. The maximum atomic E-state index is 6.29. The summed E-state index contributed by atoms with van der Waals surface area (Å²) in [7, 11) is 2.04. The topological polar surface area (TPSA) is 30.3 Å². The van der Waals surface area contributed by atoms with Crippen LogP contribution in [-0.2, 0) is 22.7 Å². The van der Waals surface area contributed by atoms with E-state index in [2.05, 4.69) is 39.9 Å². The van der Waals surface area contributed by atoms with E-state index < -0.39 is 0 Å². The van der Waals surface area contributed by atoms with Crippen LogP contribution in [0, 0.1) is 0 Å². The number of rotatable bonds is 7. The minimum Gasteiger partial charge on any atom is -0.335 e. The van der Waals surface area contributed by atoms with Crippen molar-refractivity contribution in [2.45, 2.75) is 30.4 Å². The highest BCUT2D eigenvalue weighted by atomic mass is 35.5. The van der Waals surface area contributed by atoms with E-state index in [-0.39, 0.29) is 11.6 Å². The minimum atomic E-state index is -0.225. The second-order valence-electron chi connectivity index (χ2n) is 7.33. The zero-order chi connectivity index (χ0) is 20.3. The van der Waals surface area contributed by atoms with Crippen LogP contribution < -0.4 is 0 Å². The molecule has 0 aliphatic carbocycles. The first-order valence-electron chi connectivity index (χ1n) is 9.50. The van der Waals surface area contributed by atoms with Gasteiger partial charge in [0.1, 0.15) is 0 Å². The van der Waals surface area contributed by atoms with Gasteiger partial charge in [0, 0.05) is 43.9 Å². The van der Waals surface area contributed by atoms with Crippen LogP contribution in [0.25, 0.3) is 0 Å². The SMILES string of the molecule is CN1OC(CSCc2ccc(Cl)c(Cl)c2)CC1(Cn1ccnc1)c1ccccc1. The van der Waals surface area contributed by atoms with Gasteiger partial charge in [0.05, 0.1) is 28.0 Å². The van der Waals surface area contributed by atoms with Gasteiger partial charge >= 0.3 is 0 Å². The molecular weight excluding hydrogens is 425 g/mol. The van der Waals surface area contributed by atoms with Crippen LogP contribution in [0.5, 0.6) is 0 Å². The van der Waals surface area contributed by atoms with Crippen LogP contribution in [-0.4, -0.2) is 33.5 Å². The molecule has 0 amide bonds. The lowest BCUT2D eigenvalue weighted by Crippen LogP contribution is -2.41. The van der Waals surface area contributed by atoms with Crippen molar-refractivity contribution in [3.05, 3.63) is 88.4 Å². The van der Waals surface area contributed by atoms with E-state index in [9.17, 15) is 0 Å². The van der Waals surface area contributed by atoms with Crippen molar-refractivity contribution in [1.29, 1.82) is 0 Å². The number of hydrogen-bond acceptors (Lipinski definition) is 4. The number of hydroxylamine groups is 2. The monoisotopic (exact) mass is 447 g/mol. The molecule has 0 saturated carbocycles. The molecule has 4 rings (SSSR count). The molecule has 2 heterocycles. The highest BCUT2D eigenvalue weighted by Crippen LogP contribution is 2.42. The zero-order valence-electron chi connectivity index (χ0n) is 16.2. The van der Waals surface area contributed by atoms with Crippen LogP contribution >= 0.6 is 35.0 Å². The summed E-state index contributed by atoms with van der Waals surface area (Å²) in [5, 5.41) is 3.23. The fourth-order valence-corrected chi connectivity index (χ4v) is 5.18. The highest BCUT2D eigenvalue weighted by molar-refractivity contribution is 7.98. The molecule has 1 fully saturated rings. The van der Waals surface area contributed by atoms with E-state index >= 15 is 0 Å². The van der Waals surface area contributed by atoms with Gasteiger partial charge in [0.25, 0.3) is 0 Å². The molecule has 0 radical (unpaired) electrons. The average Bonchev–Trinajstić information content (AvgIpc) is 3.34. The summed E-state index contributed by atoms with van der Waals surface area (Å²) in [5.74, 6) is 1.78. The Balaban J connectivity index is 1.46. The summed E-state index contributed by atoms with van der Waals surface area (Å²) < 4.78 is 2.12. The fourth-order valence-electron chi connectivity index (χ4n) is 3.88. The highest BCUT2D eigenvalue weighted by Gasteiger charge is 2.46. The number of nitrogens with zero attached hydrogens (tertiary/aromatic N) is 3. The van der Waals surface area contributed by atoms with Gasteiger partial charge in [-0.1, -0.05) is 59.6 Å². The maximum Gasteiger partial charge on any atom is 0.0946 e. The lowest BCUT2D eigenvalue weighted by atomic mass is 9.85. The number of aromatic nitrogens is 2. The number of imidazole rings is 1. The van der Waals surface area contributed by atoms with Crippen LogP contribution in [0.2, 0.25) is 10.0 Å². The second kappa shape index (κ2) is 9.11. The molecule has 2 atom stereocenters. The van der Waals surface area contributed by atoms with Crippen molar-refractivity contribution < 1.29 is 4.84 Å². The van der Waals surface area contributed by atoms with Crippen LogP contribution in [0.3, 0.4) is 0 Å². The fraction of sp³-hybridized carbons (Fsp3) is 0.318. The molecule has 1 aromatic heterocycles. The summed E-state index contributed by atoms with van der Waals surface area (Å²) >= 11 is 14.0. The van der Waals surface area contributed by atoms with Gasteiger partial charge in [-0.3, -0.25) is 4.84 Å². The van der Waals surface area contributed by atoms with Gasteiger partial charge < -0.3 is 4.57 Å².